The van der Waals surface area contributed by atoms with Crippen molar-refractivity contribution in [3.8, 4) is 22.7 Å². The van der Waals surface area contributed by atoms with Crippen molar-refractivity contribution in [2.24, 2.45) is 5.73 Å². The van der Waals surface area contributed by atoms with Crippen molar-refractivity contribution >= 4 is 11.0 Å². The van der Waals surface area contributed by atoms with E-state index in [1.54, 1.807) is 4.57 Å². The van der Waals surface area contributed by atoms with E-state index in [0.717, 1.165) is 72.8 Å². The number of benzene rings is 2. The second-order valence-electron chi connectivity index (χ2n) is 8.57. The van der Waals surface area contributed by atoms with Crippen LogP contribution in [0, 0.1) is 0 Å². The molecule has 0 spiro atoms. The van der Waals surface area contributed by atoms with E-state index < -0.39 is 0 Å². The topological polar surface area (TPSA) is 101 Å². The molecule has 1 aliphatic heterocycles. The van der Waals surface area contributed by atoms with Gasteiger partial charge in [0.15, 0.2) is 0 Å². The van der Waals surface area contributed by atoms with Crippen LogP contribution < -0.4 is 21.5 Å². The largest absolute Gasteiger partial charge is 0.494 e. The maximum absolute atomic E-state index is 12.6. The molecule has 176 valence electrons. The van der Waals surface area contributed by atoms with Crippen molar-refractivity contribution < 1.29 is 4.74 Å². The smallest absolute Gasteiger partial charge is 0.354 e. The Bertz CT molecular complexity index is 1310. The Labute approximate surface area is 198 Å². The predicted molar refractivity (Wildman–Crippen MR) is 134 cm³/mol. The van der Waals surface area contributed by atoms with Crippen LogP contribution in [0.25, 0.3) is 28.0 Å². The fourth-order valence-corrected chi connectivity index (χ4v) is 4.29. The molecule has 0 bridgehead atoms. The molecule has 4 N–H and O–H groups in total. The van der Waals surface area contributed by atoms with Gasteiger partial charge in [-0.1, -0.05) is 24.3 Å². The van der Waals surface area contributed by atoms with Crippen LogP contribution in [0.15, 0.2) is 65.6 Å². The lowest BCUT2D eigenvalue weighted by Gasteiger charge is -2.26. The van der Waals surface area contributed by atoms with Crippen molar-refractivity contribution in [2.75, 3.05) is 39.3 Å². The molecule has 4 aromatic rings. The average molecular weight is 459 g/mol. The number of rotatable bonds is 8. The van der Waals surface area contributed by atoms with Gasteiger partial charge in [0, 0.05) is 62.1 Å². The summed E-state index contributed by atoms with van der Waals surface area (Å²) in [4.78, 5) is 22.6. The Hall–Kier alpha value is -3.46. The molecule has 2 aromatic heterocycles. The molecular formula is C26H30N6O2. The molecule has 34 heavy (non-hydrogen) atoms. The molecule has 1 saturated heterocycles. The van der Waals surface area contributed by atoms with Crippen molar-refractivity contribution in [1.82, 2.24) is 24.8 Å². The standard InChI is InChI=1S/C26H30N6O2/c27-17-19-5-7-22(8-6-19)32-18-21-16-24(29-25(21)30-26(32)33)20-3-1-4-23(15-20)34-14-2-11-31-12-9-28-10-13-31/h1,3-8,15-16,18,28H,2,9-14,17,27H2,(H,29,30,33). The van der Waals surface area contributed by atoms with Crippen LogP contribution in [0.2, 0.25) is 0 Å². The molecule has 5 rings (SSSR count). The van der Waals surface area contributed by atoms with E-state index in [1.165, 1.54) is 0 Å². The minimum atomic E-state index is -0.331. The average Bonchev–Trinajstić information content (AvgIpc) is 3.30. The van der Waals surface area contributed by atoms with Gasteiger partial charge in [0.05, 0.1) is 12.3 Å². The minimum Gasteiger partial charge on any atom is -0.494 e. The van der Waals surface area contributed by atoms with E-state index in [9.17, 15) is 4.79 Å². The van der Waals surface area contributed by atoms with Gasteiger partial charge in [0.1, 0.15) is 11.4 Å². The Morgan fingerprint density at radius 1 is 1.06 bits per heavy atom. The molecule has 0 saturated carbocycles. The van der Waals surface area contributed by atoms with Crippen LogP contribution in [0.4, 0.5) is 0 Å². The van der Waals surface area contributed by atoms with Gasteiger partial charge in [0.2, 0.25) is 0 Å². The lowest BCUT2D eigenvalue weighted by molar-refractivity contribution is 0.214. The number of hydrogen-bond donors (Lipinski definition) is 3. The molecule has 1 fully saturated rings. The third-order valence-corrected chi connectivity index (χ3v) is 6.20. The molecular weight excluding hydrogens is 428 g/mol. The summed E-state index contributed by atoms with van der Waals surface area (Å²) < 4.78 is 7.57. The quantitative estimate of drug-likeness (QED) is 0.351. The summed E-state index contributed by atoms with van der Waals surface area (Å²) in [5, 5.41) is 4.24. The van der Waals surface area contributed by atoms with Crippen LogP contribution in [0.3, 0.4) is 0 Å². The zero-order valence-electron chi connectivity index (χ0n) is 19.2. The fourth-order valence-electron chi connectivity index (χ4n) is 4.29. The summed E-state index contributed by atoms with van der Waals surface area (Å²) in [5.74, 6) is 0.837. The number of nitrogens with zero attached hydrogens (tertiary/aromatic N) is 3. The summed E-state index contributed by atoms with van der Waals surface area (Å²) in [6.07, 6.45) is 2.82. The summed E-state index contributed by atoms with van der Waals surface area (Å²) in [5.41, 5.74) is 9.57. The molecule has 0 unspecified atom stereocenters. The first-order chi connectivity index (χ1) is 16.7. The van der Waals surface area contributed by atoms with Gasteiger partial charge < -0.3 is 25.7 Å². The third-order valence-electron chi connectivity index (χ3n) is 6.20. The second-order valence-corrected chi connectivity index (χ2v) is 8.57. The van der Waals surface area contributed by atoms with E-state index in [4.69, 9.17) is 10.5 Å². The molecule has 8 heteroatoms. The van der Waals surface area contributed by atoms with E-state index in [-0.39, 0.29) is 5.69 Å². The van der Waals surface area contributed by atoms with Crippen molar-refractivity contribution in [1.29, 1.82) is 0 Å². The first-order valence-corrected chi connectivity index (χ1v) is 11.8. The van der Waals surface area contributed by atoms with E-state index in [2.05, 4.69) is 20.2 Å². The molecule has 0 radical (unpaired) electrons. The zero-order valence-corrected chi connectivity index (χ0v) is 19.2. The summed E-state index contributed by atoms with van der Waals surface area (Å²) in [7, 11) is 0. The number of nitrogens with one attached hydrogen (secondary N) is 2. The number of H-pyrrole nitrogens is 1. The highest BCUT2D eigenvalue weighted by Crippen LogP contribution is 2.26. The highest BCUT2D eigenvalue weighted by atomic mass is 16.5. The number of hydrogen-bond acceptors (Lipinski definition) is 6. The van der Waals surface area contributed by atoms with Gasteiger partial charge in [-0.2, -0.15) is 4.98 Å². The molecule has 0 atom stereocenters. The second kappa shape index (κ2) is 10.2. The summed E-state index contributed by atoms with van der Waals surface area (Å²) in [6, 6.07) is 17.6. The molecule has 0 aliphatic carbocycles. The van der Waals surface area contributed by atoms with Gasteiger partial charge in [-0.15, -0.1) is 0 Å². The van der Waals surface area contributed by atoms with Crippen LogP contribution in [0.5, 0.6) is 5.75 Å². The first-order valence-electron chi connectivity index (χ1n) is 11.8. The first kappa shape index (κ1) is 22.3. The van der Waals surface area contributed by atoms with E-state index in [1.807, 2.05) is 60.8 Å². The van der Waals surface area contributed by atoms with Gasteiger partial charge in [-0.3, -0.25) is 4.57 Å². The number of fused-ring (bicyclic) bond motifs is 1. The zero-order chi connectivity index (χ0) is 23.3. The van der Waals surface area contributed by atoms with Crippen LogP contribution in [0.1, 0.15) is 12.0 Å². The number of aromatic nitrogens is 3. The third kappa shape index (κ3) is 5.04. The van der Waals surface area contributed by atoms with Gasteiger partial charge >= 0.3 is 5.69 Å². The van der Waals surface area contributed by atoms with Gasteiger partial charge in [0.25, 0.3) is 0 Å². The Morgan fingerprint density at radius 2 is 1.88 bits per heavy atom. The van der Waals surface area contributed by atoms with Crippen molar-refractivity contribution in [3.05, 3.63) is 76.8 Å². The van der Waals surface area contributed by atoms with Crippen LogP contribution >= 0.6 is 0 Å². The van der Waals surface area contributed by atoms with Crippen molar-refractivity contribution in [2.45, 2.75) is 13.0 Å². The van der Waals surface area contributed by atoms with Crippen LogP contribution in [-0.2, 0) is 6.54 Å². The summed E-state index contributed by atoms with van der Waals surface area (Å²) in [6.45, 7) is 6.55. The molecule has 0 amide bonds. The van der Waals surface area contributed by atoms with E-state index >= 15 is 0 Å². The maximum Gasteiger partial charge on any atom is 0.354 e. The van der Waals surface area contributed by atoms with E-state index in [0.29, 0.717) is 18.8 Å². The molecule has 3 heterocycles. The normalized spacial score (nSPS) is 14.5. The Kier molecular flexibility index (Phi) is 6.71. The molecule has 8 nitrogen and oxygen atoms in total. The number of piperazine rings is 1. The van der Waals surface area contributed by atoms with Gasteiger partial charge in [-0.25, -0.2) is 4.79 Å². The highest BCUT2D eigenvalue weighted by molar-refractivity contribution is 5.82. The number of nitrogens with two attached hydrogens (primary N) is 1. The SMILES string of the molecule is NCc1ccc(-n2cc3cc(-c4cccc(OCCCN5CCNCC5)c4)[nH]c3nc2=O)cc1. The van der Waals surface area contributed by atoms with Crippen LogP contribution in [-0.4, -0.2) is 58.8 Å². The van der Waals surface area contributed by atoms with Gasteiger partial charge in [-0.05, 0) is 42.3 Å². The highest BCUT2D eigenvalue weighted by Gasteiger charge is 2.11. The fraction of sp³-hybridized carbons (Fsp3) is 0.308. The maximum atomic E-state index is 12.6. The van der Waals surface area contributed by atoms with Crippen molar-refractivity contribution in [3.63, 3.8) is 0 Å². The Balaban J connectivity index is 1.30. The lowest BCUT2D eigenvalue weighted by Crippen LogP contribution is -2.43. The molecule has 1 aliphatic rings. The molecule has 2 aromatic carbocycles. The Morgan fingerprint density at radius 3 is 2.68 bits per heavy atom. The monoisotopic (exact) mass is 458 g/mol. The number of aromatic amines is 1. The predicted octanol–water partition coefficient (Wildman–Crippen LogP) is 2.51. The lowest BCUT2D eigenvalue weighted by atomic mass is 10.1. The minimum absolute atomic E-state index is 0.331. The number of ether oxygens (including phenoxy) is 1. The summed E-state index contributed by atoms with van der Waals surface area (Å²) >= 11 is 0.